The van der Waals surface area contributed by atoms with E-state index < -0.39 is 0 Å². The fourth-order valence-electron chi connectivity index (χ4n) is 7.24. The Labute approximate surface area is 312 Å². The summed E-state index contributed by atoms with van der Waals surface area (Å²) in [5.74, 6) is 0. The Balaban J connectivity index is 0.00000348. The maximum Gasteiger partial charge on any atom is 0 e. The van der Waals surface area contributed by atoms with Gasteiger partial charge in [0.05, 0.1) is 0 Å². The fourth-order valence-corrected chi connectivity index (χ4v) is 7.24. The molecule has 0 unspecified atom stereocenters. The normalized spacial score (nSPS) is 11.1. The fraction of sp³-hybridized carbons (Fsp3) is 0. The average molecular weight is 696 g/mol. The summed E-state index contributed by atoms with van der Waals surface area (Å²) in [4.78, 5) is 0. The van der Waals surface area contributed by atoms with Crippen molar-refractivity contribution in [3.63, 3.8) is 0 Å². The van der Waals surface area contributed by atoms with Crippen molar-refractivity contribution in [2.45, 2.75) is 0 Å². The topological polar surface area (TPSA) is 0 Å². The molecule has 0 fully saturated rings. The van der Waals surface area contributed by atoms with E-state index in [0.717, 1.165) is 11.1 Å². The molecule has 0 N–H and O–H groups in total. The zero-order valence-corrected chi connectivity index (χ0v) is 29.7. The Kier molecular flexibility index (Phi) is 8.52. The molecule has 0 aliphatic rings. The summed E-state index contributed by atoms with van der Waals surface area (Å²) in [6, 6.07) is 72.2. The van der Waals surface area contributed by atoms with Gasteiger partial charge in [-0.15, -0.1) is 17.7 Å². The van der Waals surface area contributed by atoms with E-state index in [1.54, 1.807) is 0 Å². The molecular formula is C48H30Y-2. The summed E-state index contributed by atoms with van der Waals surface area (Å²) in [7, 11) is 0. The van der Waals surface area contributed by atoms with Crippen LogP contribution in [-0.4, -0.2) is 0 Å². The van der Waals surface area contributed by atoms with E-state index in [1.807, 2.05) is 24.3 Å². The minimum Gasteiger partial charge on any atom is -0.226 e. The average Bonchev–Trinajstić information content (AvgIpc) is 3.17. The van der Waals surface area contributed by atoms with Crippen LogP contribution in [0.1, 0.15) is 0 Å². The monoisotopic (exact) mass is 695 g/mol. The summed E-state index contributed by atoms with van der Waals surface area (Å²) in [6.07, 6.45) is 0. The summed E-state index contributed by atoms with van der Waals surface area (Å²) in [5.41, 5.74) is 11.9. The van der Waals surface area contributed by atoms with Gasteiger partial charge in [-0.1, -0.05) is 140 Å². The molecule has 9 rings (SSSR count). The van der Waals surface area contributed by atoms with Crippen molar-refractivity contribution in [1.29, 1.82) is 0 Å². The molecule has 9 aromatic rings. The molecule has 0 bridgehead atoms. The zero-order chi connectivity index (χ0) is 31.9. The predicted molar refractivity (Wildman–Crippen MR) is 204 cm³/mol. The quantitative estimate of drug-likeness (QED) is 0.124. The molecule has 9 aromatic carbocycles. The molecule has 0 aliphatic heterocycles. The van der Waals surface area contributed by atoms with Crippen LogP contribution in [0.5, 0.6) is 0 Å². The molecule has 0 atom stereocenters. The van der Waals surface area contributed by atoms with Crippen molar-refractivity contribution in [2.24, 2.45) is 0 Å². The van der Waals surface area contributed by atoms with Crippen LogP contribution in [0.4, 0.5) is 0 Å². The molecule has 227 valence electrons. The minimum atomic E-state index is 0. The third kappa shape index (κ3) is 5.72. The van der Waals surface area contributed by atoms with Crippen molar-refractivity contribution in [3.05, 3.63) is 194 Å². The Hall–Kier alpha value is -5.14. The van der Waals surface area contributed by atoms with Crippen LogP contribution in [0.3, 0.4) is 0 Å². The van der Waals surface area contributed by atoms with Crippen molar-refractivity contribution in [3.8, 4) is 55.6 Å². The Morgan fingerprint density at radius 3 is 1.39 bits per heavy atom. The van der Waals surface area contributed by atoms with Crippen LogP contribution in [0.15, 0.2) is 182 Å². The second-order valence-corrected chi connectivity index (χ2v) is 12.3. The van der Waals surface area contributed by atoms with Gasteiger partial charge in [-0.25, -0.2) is 11.1 Å². The van der Waals surface area contributed by atoms with Crippen molar-refractivity contribution in [2.75, 3.05) is 0 Å². The van der Waals surface area contributed by atoms with Gasteiger partial charge in [-0.05, 0) is 71.3 Å². The maximum absolute atomic E-state index is 3.38. The van der Waals surface area contributed by atoms with Crippen LogP contribution in [0, 0.1) is 12.1 Å². The van der Waals surface area contributed by atoms with E-state index in [-0.39, 0.29) is 32.7 Å². The first-order valence-electron chi connectivity index (χ1n) is 16.4. The summed E-state index contributed by atoms with van der Waals surface area (Å²) < 4.78 is 0. The van der Waals surface area contributed by atoms with Gasteiger partial charge in [0.25, 0.3) is 0 Å². The standard InChI is InChI=1S/C48H30.Y/c1-2-12-33(13-3-1)39-16-10-17-40(32-39)34-24-28-37(29-25-34)47-43-19-6-8-21-45(43)48(46-22-9-7-20-44(46)47)38-30-26-36(27-31-38)42-23-11-15-35-14-4-5-18-41(35)42;/h1-12,14-15,17-32H;/q-2;. The molecule has 1 heteroatoms. The summed E-state index contributed by atoms with van der Waals surface area (Å²) >= 11 is 0. The van der Waals surface area contributed by atoms with Crippen molar-refractivity contribution >= 4 is 32.3 Å². The molecule has 0 saturated heterocycles. The molecular weight excluding hydrogens is 665 g/mol. The SMILES string of the molecule is [Y].[c-]1ccccc1-c1[c-]ccc(-c2ccc(-c3c4ccccc4c(-c4ccc(-c5cccc6ccccc56)cc4)c4ccccc34)cc2)c1. The Morgan fingerprint density at radius 2 is 0.796 bits per heavy atom. The number of hydrogen-bond acceptors (Lipinski definition) is 0. The van der Waals surface area contributed by atoms with Gasteiger partial charge in [0.2, 0.25) is 0 Å². The molecule has 0 saturated carbocycles. The van der Waals surface area contributed by atoms with E-state index in [0.29, 0.717) is 0 Å². The first kappa shape index (κ1) is 31.2. The van der Waals surface area contributed by atoms with E-state index in [2.05, 4.69) is 170 Å². The van der Waals surface area contributed by atoms with Gasteiger partial charge in [0.1, 0.15) is 0 Å². The minimum absolute atomic E-state index is 0. The second kappa shape index (κ2) is 13.4. The van der Waals surface area contributed by atoms with Crippen LogP contribution < -0.4 is 0 Å². The third-order valence-corrected chi connectivity index (χ3v) is 9.51. The summed E-state index contributed by atoms with van der Waals surface area (Å²) in [6.45, 7) is 0. The molecule has 0 aliphatic carbocycles. The van der Waals surface area contributed by atoms with Crippen LogP contribution in [0.2, 0.25) is 0 Å². The smallest absolute Gasteiger partial charge is 0 e. The zero-order valence-electron chi connectivity index (χ0n) is 26.9. The van der Waals surface area contributed by atoms with Gasteiger partial charge >= 0.3 is 0 Å². The van der Waals surface area contributed by atoms with Gasteiger partial charge < -0.3 is 0 Å². The number of fused-ring (bicyclic) bond motifs is 3. The van der Waals surface area contributed by atoms with E-state index in [1.165, 1.54) is 76.8 Å². The number of benzene rings is 9. The van der Waals surface area contributed by atoms with E-state index >= 15 is 0 Å². The second-order valence-electron chi connectivity index (χ2n) is 12.3. The molecule has 0 spiro atoms. The largest absolute Gasteiger partial charge is 0.226 e. The molecule has 1 radical (unpaired) electrons. The van der Waals surface area contributed by atoms with Gasteiger partial charge in [-0.2, -0.15) is 42.5 Å². The first-order valence-corrected chi connectivity index (χ1v) is 16.4. The Bertz CT molecular complexity index is 2520. The van der Waals surface area contributed by atoms with Crippen LogP contribution in [-0.2, 0) is 32.7 Å². The number of rotatable bonds is 5. The third-order valence-electron chi connectivity index (χ3n) is 9.51. The van der Waals surface area contributed by atoms with Crippen LogP contribution >= 0.6 is 0 Å². The Morgan fingerprint density at radius 1 is 0.306 bits per heavy atom. The van der Waals surface area contributed by atoms with Crippen molar-refractivity contribution in [1.82, 2.24) is 0 Å². The van der Waals surface area contributed by atoms with Gasteiger partial charge in [-0.3, -0.25) is 0 Å². The van der Waals surface area contributed by atoms with Crippen molar-refractivity contribution < 1.29 is 32.7 Å². The van der Waals surface area contributed by atoms with E-state index in [9.17, 15) is 0 Å². The van der Waals surface area contributed by atoms with Crippen LogP contribution in [0.25, 0.3) is 88.0 Å². The number of hydrogen-bond donors (Lipinski definition) is 0. The maximum atomic E-state index is 3.38. The molecule has 0 amide bonds. The first-order chi connectivity index (χ1) is 23.8. The molecule has 0 heterocycles. The van der Waals surface area contributed by atoms with Gasteiger partial charge in [0.15, 0.2) is 0 Å². The molecule has 0 aromatic heterocycles. The predicted octanol–water partition coefficient (Wildman–Crippen LogP) is 13.1. The molecule has 49 heavy (non-hydrogen) atoms. The molecule has 0 nitrogen and oxygen atoms in total. The van der Waals surface area contributed by atoms with Gasteiger partial charge in [0, 0.05) is 32.7 Å². The van der Waals surface area contributed by atoms with E-state index in [4.69, 9.17) is 0 Å². The summed E-state index contributed by atoms with van der Waals surface area (Å²) in [5, 5.41) is 7.57.